The van der Waals surface area contributed by atoms with Gasteiger partial charge in [0.2, 0.25) is 5.91 Å². The normalized spacial score (nSPS) is 25.9. The van der Waals surface area contributed by atoms with Crippen LogP contribution in [0.3, 0.4) is 0 Å². The molecule has 0 radical (unpaired) electrons. The molecule has 86 valence electrons. The molecule has 4 nitrogen and oxygen atoms in total. The number of aromatic nitrogens is 1. The zero-order chi connectivity index (χ0) is 11.7. The summed E-state index contributed by atoms with van der Waals surface area (Å²) in [6.07, 6.45) is 3.10. The van der Waals surface area contributed by atoms with Gasteiger partial charge in [0.1, 0.15) is 0 Å². The highest BCUT2D eigenvalue weighted by atomic mass is 16.2. The van der Waals surface area contributed by atoms with Crippen LogP contribution in [0.2, 0.25) is 0 Å². The average molecular weight is 219 g/mol. The van der Waals surface area contributed by atoms with E-state index in [1.807, 2.05) is 25.3 Å². The van der Waals surface area contributed by atoms with Gasteiger partial charge in [-0.3, -0.25) is 9.78 Å². The Kier molecular flexibility index (Phi) is 2.92. The maximum absolute atomic E-state index is 11.6. The van der Waals surface area contributed by atoms with Crippen molar-refractivity contribution < 1.29 is 4.79 Å². The van der Waals surface area contributed by atoms with E-state index in [1.165, 1.54) is 0 Å². The summed E-state index contributed by atoms with van der Waals surface area (Å²) in [6.45, 7) is 1.99. The summed E-state index contributed by atoms with van der Waals surface area (Å²) in [7, 11) is 1.80. The van der Waals surface area contributed by atoms with Gasteiger partial charge in [0, 0.05) is 25.7 Å². The predicted molar refractivity (Wildman–Crippen MR) is 61.7 cm³/mol. The Morgan fingerprint density at radius 3 is 2.88 bits per heavy atom. The third-order valence-electron chi connectivity index (χ3n) is 3.15. The number of hydrogen-bond acceptors (Lipinski definition) is 3. The van der Waals surface area contributed by atoms with E-state index in [0.29, 0.717) is 6.42 Å². The largest absolute Gasteiger partial charge is 0.336 e. The van der Waals surface area contributed by atoms with Crippen LogP contribution >= 0.6 is 0 Å². The van der Waals surface area contributed by atoms with E-state index < -0.39 is 0 Å². The molecule has 1 fully saturated rings. The van der Waals surface area contributed by atoms with Crippen LogP contribution in [0.4, 0.5) is 0 Å². The molecule has 1 aromatic rings. The van der Waals surface area contributed by atoms with Crippen LogP contribution in [0.15, 0.2) is 18.3 Å². The summed E-state index contributed by atoms with van der Waals surface area (Å²) in [4.78, 5) is 17.7. The summed E-state index contributed by atoms with van der Waals surface area (Å²) >= 11 is 0. The van der Waals surface area contributed by atoms with Crippen molar-refractivity contribution in [1.29, 1.82) is 0 Å². The smallest absolute Gasteiger partial charge is 0.222 e. The summed E-state index contributed by atoms with van der Waals surface area (Å²) in [5.41, 5.74) is 8.06. The van der Waals surface area contributed by atoms with E-state index in [9.17, 15) is 4.79 Å². The zero-order valence-corrected chi connectivity index (χ0v) is 9.68. The fourth-order valence-electron chi connectivity index (χ4n) is 2.14. The second-order valence-electron chi connectivity index (χ2n) is 4.41. The van der Waals surface area contributed by atoms with Crippen LogP contribution in [0, 0.1) is 6.92 Å². The lowest BCUT2D eigenvalue weighted by atomic mass is 9.94. The molecule has 2 N–H and O–H groups in total. The molecule has 1 aromatic heterocycles. The number of piperidine rings is 1. The van der Waals surface area contributed by atoms with Crippen molar-refractivity contribution in [3.8, 4) is 0 Å². The lowest BCUT2D eigenvalue weighted by molar-refractivity contribution is -0.135. The van der Waals surface area contributed by atoms with E-state index in [0.717, 1.165) is 17.7 Å². The topological polar surface area (TPSA) is 59.2 Å². The number of pyridine rings is 1. The van der Waals surface area contributed by atoms with Crippen molar-refractivity contribution in [1.82, 2.24) is 9.88 Å². The van der Waals surface area contributed by atoms with Gasteiger partial charge in [-0.1, -0.05) is 6.07 Å². The number of hydrogen-bond donors (Lipinski definition) is 1. The minimum Gasteiger partial charge on any atom is -0.336 e. The second-order valence-corrected chi connectivity index (χ2v) is 4.41. The number of carbonyl (C=O) groups excluding carboxylic acids is 1. The third kappa shape index (κ3) is 1.93. The summed E-state index contributed by atoms with van der Waals surface area (Å²) in [5.74, 6) is 0.147. The van der Waals surface area contributed by atoms with Crippen LogP contribution < -0.4 is 5.73 Å². The van der Waals surface area contributed by atoms with Gasteiger partial charge in [0.15, 0.2) is 0 Å². The van der Waals surface area contributed by atoms with Crippen LogP contribution in [-0.4, -0.2) is 28.9 Å². The number of nitrogens with zero attached hydrogens (tertiary/aromatic N) is 2. The van der Waals surface area contributed by atoms with E-state index in [1.54, 1.807) is 11.9 Å². The van der Waals surface area contributed by atoms with Crippen molar-refractivity contribution >= 4 is 5.91 Å². The predicted octanol–water partition coefficient (Wildman–Crippen LogP) is 1.01. The number of likely N-dealkylation sites (N-methyl/N-ethyl adjacent to an activating group) is 1. The molecule has 0 bridgehead atoms. The van der Waals surface area contributed by atoms with Gasteiger partial charge in [0.05, 0.1) is 11.7 Å². The van der Waals surface area contributed by atoms with Crippen molar-refractivity contribution in [2.75, 3.05) is 7.05 Å². The van der Waals surface area contributed by atoms with Crippen molar-refractivity contribution in [3.05, 3.63) is 29.6 Å². The Balaban J connectivity index is 2.29. The van der Waals surface area contributed by atoms with E-state index in [4.69, 9.17) is 5.73 Å². The maximum atomic E-state index is 11.6. The Morgan fingerprint density at radius 2 is 2.25 bits per heavy atom. The van der Waals surface area contributed by atoms with E-state index in [2.05, 4.69) is 4.98 Å². The average Bonchev–Trinajstić information content (AvgIpc) is 2.27. The highest BCUT2D eigenvalue weighted by Crippen LogP contribution is 2.28. The summed E-state index contributed by atoms with van der Waals surface area (Å²) in [5, 5.41) is 0. The zero-order valence-electron chi connectivity index (χ0n) is 9.68. The molecule has 2 rings (SSSR count). The number of aryl methyl sites for hydroxylation is 1. The molecule has 0 spiro atoms. The van der Waals surface area contributed by atoms with E-state index in [-0.39, 0.29) is 18.0 Å². The van der Waals surface area contributed by atoms with Gasteiger partial charge >= 0.3 is 0 Å². The standard InChI is InChI=1S/C12H17N3O/c1-8-3-5-10(14-7-8)12-9(13)4-6-11(16)15(12)2/h3,5,7,9,12H,4,6,13H2,1-2H3. The van der Waals surface area contributed by atoms with E-state index >= 15 is 0 Å². The number of amides is 1. The number of likely N-dealkylation sites (tertiary alicyclic amines) is 1. The molecule has 1 saturated heterocycles. The molecule has 4 heteroatoms. The summed E-state index contributed by atoms with van der Waals surface area (Å²) in [6, 6.07) is 3.86. The SMILES string of the molecule is Cc1ccc(C2C(N)CCC(=O)N2C)nc1. The first-order valence-corrected chi connectivity index (χ1v) is 5.53. The second kappa shape index (κ2) is 4.22. The number of carbonyl (C=O) groups is 1. The fraction of sp³-hybridized carbons (Fsp3) is 0.500. The first-order valence-electron chi connectivity index (χ1n) is 5.53. The van der Waals surface area contributed by atoms with Crippen LogP contribution in [0.5, 0.6) is 0 Å². The molecule has 1 amide bonds. The Labute approximate surface area is 95.5 Å². The molecular weight excluding hydrogens is 202 g/mol. The van der Waals surface area contributed by atoms with Gasteiger partial charge in [0.25, 0.3) is 0 Å². The molecule has 2 atom stereocenters. The molecule has 2 heterocycles. The lowest BCUT2D eigenvalue weighted by Crippen LogP contribution is -2.47. The maximum Gasteiger partial charge on any atom is 0.222 e. The number of nitrogens with two attached hydrogens (primary N) is 1. The molecule has 2 unspecified atom stereocenters. The molecule has 0 saturated carbocycles. The molecule has 0 aliphatic carbocycles. The minimum absolute atomic E-state index is 0.0158. The molecule has 16 heavy (non-hydrogen) atoms. The van der Waals surface area contributed by atoms with Crippen LogP contribution in [-0.2, 0) is 4.79 Å². The molecule has 1 aliphatic heterocycles. The number of rotatable bonds is 1. The minimum atomic E-state index is -0.0816. The van der Waals surface area contributed by atoms with Crippen LogP contribution in [0.25, 0.3) is 0 Å². The monoisotopic (exact) mass is 219 g/mol. The molecular formula is C12H17N3O. The first-order chi connectivity index (χ1) is 7.59. The van der Waals surface area contributed by atoms with Crippen molar-refractivity contribution in [3.63, 3.8) is 0 Å². The molecule has 1 aliphatic rings. The lowest BCUT2D eigenvalue weighted by Gasteiger charge is -2.36. The highest BCUT2D eigenvalue weighted by Gasteiger charge is 2.33. The Hall–Kier alpha value is -1.42. The Bertz CT molecular complexity index is 388. The third-order valence-corrected chi connectivity index (χ3v) is 3.15. The van der Waals surface area contributed by atoms with Gasteiger partial charge < -0.3 is 10.6 Å². The quantitative estimate of drug-likeness (QED) is 0.767. The first kappa shape index (κ1) is 11.1. The summed E-state index contributed by atoms with van der Waals surface area (Å²) < 4.78 is 0. The fourth-order valence-corrected chi connectivity index (χ4v) is 2.14. The van der Waals surface area contributed by atoms with Crippen LogP contribution in [0.1, 0.15) is 30.1 Å². The van der Waals surface area contributed by atoms with Gasteiger partial charge in [-0.25, -0.2) is 0 Å². The van der Waals surface area contributed by atoms with Gasteiger partial charge in [-0.2, -0.15) is 0 Å². The Morgan fingerprint density at radius 1 is 1.50 bits per heavy atom. The molecule has 0 aromatic carbocycles. The van der Waals surface area contributed by atoms with Crippen molar-refractivity contribution in [2.45, 2.75) is 31.8 Å². The van der Waals surface area contributed by atoms with Gasteiger partial charge in [-0.15, -0.1) is 0 Å². The highest BCUT2D eigenvalue weighted by molar-refractivity contribution is 5.77. The van der Waals surface area contributed by atoms with Crippen molar-refractivity contribution in [2.24, 2.45) is 5.73 Å². The van der Waals surface area contributed by atoms with Gasteiger partial charge in [-0.05, 0) is 25.0 Å².